The Kier molecular flexibility index (Phi) is 2.34. The minimum Gasteiger partial charge on any atom is -0.392 e. The molecule has 3 aromatic carbocycles. The maximum absolute atomic E-state index is 9.62. The highest BCUT2D eigenvalue weighted by atomic mass is 16.3. The molecule has 84 valence electrons. The fourth-order valence-corrected chi connectivity index (χ4v) is 2.44. The average Bonchev–Trinajstić information content (AvgIpc) is 2.36. The fraction of sp³-hybridized carbons (Fsp3) is 0.125. The summed E-state index contributed by atoms with van der Waals surface area (Å²) in [5, 5.41) is 14.3. The van der Waals surface area contributed by atoms with E-state index in [4.69, 9.17) is 0 Å². The topological polar surface area (TPSA) is 20.2 Å². The van der Waals surface area contributed by atoms with Crippen LogP contribution < -0.4 is 0 Å². The molecule has 0 atom stereocenters. The van der Waals surface area contributed by atoms with Gasteiger partial charge in [0.05, 0.1) is 6.61 Å². The molecule has 3 rings (SSSR count). The first-order valence-corrected chi connectivity index (χ1v) is 5.81. The van der Waals surface area contributed by atoms with Crippen molar-refractivity contribution in [3.8, 4) is 0 Å². The minimum atomic E-state index is 0.0846. The highest BCUT2D eigenvalue weighted by Gasteiger charge is 2.06. The molecule has 0 spiro atoms. The summed E-state index contributed by atoms with van der Waals surface area (Å²) >= 11 is 0. The van der Waals surface area contributed by atoms with Crippen LogP contribution in [0.15, 0.2) is 48.5 Å². The molecule has 0 aliphatic carbocycles. The van der Waals surface area contributed by atoms with E-state index < -0.39 is 0 Å². The summed E-state index contributed by atoms with van der Waals surface area (Å²) in [4.78, 5) is 0. The van der Waals surface area contributed by atoms with Crippen LogP contribution in [0.3, 0.4) is 0 Å². The molecule has 0 saturated heterocycles. The van der Waals surface area contributed by atoms with E-state index in [0.717, 1.165) is 16.3 Å². The number of aliphatic hydroxyl groups excluding tert-OH is 1. The quantitative estimate of drug-likeness (QED) is 0.621. The first-order chi connectivity index (χ1) is 8.29. The van der Waals surface area contributed by atoms with Gasteiger partial charge in [0, 0.05) is 0 Å². The van der Waals surface area contributed by atoms with Crippen LogP contribution in [0.2, 0.25) is 0 Å². The van der Waals surface area contributed by atoms with Gasteiger partial charge in [0.1, 0.15) is 0 Å². The molecule has 1 heteroatoms. The predicted octanol–water partition coefficient (Wildman–Crippen LogP) is 3.79. The van der Waals surface area contributed by atoms with Crippen molar-refractivity contribution in [2.24, 2.45) is 0 Å². The van der Waals surface area contributed by atoms with Gasteiger partial charge in [0.25, 0.3) is 0 Å². The number of rotatable bonds is 1. The molecule has 0 saturated carbocycles. The zero-order valence-corrected chi connectivity index (χ0v) is 9.77. The maximum Gasteiger partial charge on any atom is 0.0693 e. The fourth-order valence-electron chi connectivity index (χ4n) is 2.44. The Bertz CT molecular complexity index is 698. The Hall–Kier alpha value is -1.86. The van der Waals surface area contributed by atoms with Gasteiger partial charge in [-0.15, -0.1) is 0 Å². The van der Waals surface area contributed by atoms with Crippen molar-refractivity contribution >= 4 is 21.5 Å². The van der Waals surface area contributed by atoms with Crippen molar-refractivity contribution in [2.75, 3.05) is 0 Å². The molecular formula is C16H14O. The molecule has 0 fully saturated rings. The van der Waals surface area contributed by atoms with Crippen molar-refractivity contribution in [3.05, 3.63) is 59.7 Å². The van der Waals surface area contributed by atoms with Gasteiger partial charge < -0.3 is 5.11 Å². The zero-order chi connectivity index (χ0) is 11.8. The van der Waals surface area contributed by atoms with E-state index in [2.05, 4.69) is 43.3 Å². The predicted molar refractivity (Wildman–Crippen MR) is 72.1 cm³/mol. The van der Waals surface area contributed by atoms with E-state index >= 15 is 0 Å². The van der Waals surface area contributed by atoms with Gasteiger partial charge in [-0.2, -0.15) is 0 Å². The van der Waals surface area contributed by atoms with Crippen LogP contribution in [0.5, 0.6) is 0 Å². The zero-order valence-electron chi connectivity index (χ0n) is 9.77. The summed E-state index contributed by atoms with van der Waals surface area (Å²) in [6.45, 7) is 2.16. The molecule has 0 aromatic heterocycles. The lowest BCUT2D eigenvalue weighted by Gasteiger charge is -2.09. The number of hydrogen-bond donors (Lipinski definition) is 1. The van der Waals surface area contributed by atoms with Crippen LogP contribution in [-0.2, 0) is 6.61 Å². The number of benzene rings is 3. The molecule has 0 unspecified atom stereocenters. The second-order valence-electron chi connectivity index (χ2n) is 4.46. The van der Waals surface area contributed by atoms with E-state index in [-0.39, 0.29) is 6.61 Å². The van der Waals surface area contributed by atoms with Gasteiger partial charge in [0.2, 0.25) is 0 Å². The molecule has 0 aliphatic heterocycles. The number of hydrogen-bond acceptors (Lipinski definition) is 1. The summed E-state index contributed by atoms with van der Waals surface area (Å²) in [5.74, 6) is 0. The van der Waals surface area contributed by atoms with Gasteiger partial charge in [-0.1, -0.05) is 48.0 Å². The van der Waals surface area contributed by atoms with E-state index in [1.54, 1.807) is 0 Å². The van der Waals surface area contributed by atoms with Gasteiger partial charge in [0.15, 0.2) is 0 Å². The van der Waals surface area contributed by atoms with Crippen molar-refractivity contribution in [3.63, 3.8) is 0 Å². The first-order valence-electron chi connectivity index (χ1n) is 5.81. The van der Waals surface area contributed by atoms with E-state index in [1.165, 1.54) is 16.3 Å². The normalized spacial score (nSPS) is 11.2. The van der Waals surface area contributed by atoms with Crippen LogP contribution in [0.1, 0.15) is 11.1 Å². The van der Waals surface area contributed by atoms with Crippen LogP contribution >= 0.6 is 0 Å². The van der Waals surface area contributed by atoms with E-state index in [0.29, 0.717) is 0 Å². The third-order valence-corrected chi connectivity index (χ3v) is 3.29. The standard InChI is InChI=1S/C16H14O/c1-11-6-7-13-9-12-4-2-3-5-14(12)16(10-17)15(13)8-11/h2-9,17H,10H2,1H3. The Labute approximate surface area is 100 Å². The Morgan fingerprint density at radius 2 is 1.65 bits per heavy atom. The van der Waals surface area contributed by atoms with Crippen LogP contribution in [-0.4, -0.2) is 5.11 Å². The lowest BCUT2D eigenvalue weighted by molar-refractivity contribution is 0.285. The average molecular weight is 222 g/mol. The Morgan fingerprint density at radius 3 is 2.47 bits per heavy atom. The third-order valence-electron chi connectivity index (χ3n) is 3.29. The van der Waals surface area contributed by atoms with Gasteiger partial charge in [-0.25, -0.2) is 0 Å². The second-order valence-corrected chi connectivity index (χ2v) is 4.46. The molecular weight excluding hydrogens is 208 g/mol. The summed E-state index contributed by atoms with van der Waals surface area (Å²) < 4.78 is 0. The number of aryl methyl sites for hydroxylation is 1. The van der Waals surface area contributed by atoms with Crippen LogP contribution in [0.25, 0.3) is 21.5 Å². The summed E-state index contributed by atoms with van der Waals surface area (Å²) in [6, 6.07) is 16.8. The highest BCUT2D eigenvalue weighted by molar-refractivity contribution is 6.02. The van der Waals surface area contributed by atoms with E-state index in [1.807, 2.05) is 12.1 Å². The molecule has 0 heterocycles. The second kappa shape index (κ2) is 3.86. The number of aliphatic hydroxyl groups is 1. The summed E-state index contributed by atoms with van der Waals surface area (Å²) in [5.41, 5.74) is 2.25. The van der Waals surface area contributed by atoms with Gasteiger partial charge in [-0.05, 0) is 40.1 Å². The van der Waals surface area contributed by atoms with Crippen molar-refractivity contribution in [1.82, 2.24) is 0 Å². The summed E-state index contributed by atoms with van der Waals surface area (Å²) in [7, 11) is 0. The number of fused-ring (bicyclic) bond motifs is 2. The van der Waals surface area contributed by atoms with Crippen molar-refractivity contribution < 1.29 is 5.11 Å². The maximum atomic E-state index is 9.62. The molecule has 0 radical (unpaired) electrons. The van der Waals surface area contributed by atoms with Crippen LogP contribution in [0.4, 0.5) is 0 Å². The molecule has 17 heavy (non-hydrogen) atoms. The largest absolute Gasteiger partial charge is 0.392 e. The SMILES string of the molecule is Cc1ccc2cc3ccccc3c(CO)c2c1. The van der Waals surface area contributed by atoms with Gasteiger partial charge in [-0.3, -0.25) is 0 Å². The van der Waals surface area contributed by atoms with E-state index in [9.17, 15) is 5.11 Å². The van der Waals surface area contributed by atoms with Crippen LogP contribution in [0, 0.1) is 6.92 Å². The molecule has 0 aliphatic rings. The lowest BCUT2D eigenvalue weighted by Crippen LogP contribution is -1.89. The molecule has 1 N–H and O–H groups in total. The summed E-state index contributed by atoms with van der Waals surface area (Å²) in [6.07, 6.45) is 0. The van der Waals surface area contributed by atoms with Gasteiger partial charge >= 0.3 is 0 Å². The Morgan fingerprint density at radius 1 is 0.882 bits per heavy atom. The van der Waals surface area contributed by atoms with Crippen molar-refractivity contribution in [2.45, 2.75) is 13.5 Å². The highest BCUT2D eigenvalue weighted by Crippen LogP contribution is 2.29. The molecule has 3 aromatic rings. The lowest BCUT2D eigenvalue weighted by atomic mass is 9.96. The van der Waals surface area contributed by atoms with Crippen molar-refractivity contribution in [1.29, 1.82) is 0 Å². The molecule has 1 nitrogen and oxygen atoms in total. The Balaban J connectivity index is 2.54. The molecule has 0 bridgehead atoms. The third kappa shape index (κ3) is 1.60. The minimum absolute atomic E-state index is 0.0846. The monoisotopic (exact) mass is 222 g/mol. The molecule has 0 amide bonds. The first kappa shape index (κ1) is 10.3. The smallest absolute Gasteiger partial charge is 0.0693 e.